The zero-order chi connectivity index (χ0) is 15.9. The largest absolute Gasteiger partial charge is 0.481 e. The molecule has 2 N–H and O–H groups in total. The fourth-order valence-electron chi connectivity index (χ4n) is 2.91. The molecule has 3 rings (SSSR count). The van der Waals surface area contributed by atoms with Crippen molar-refractivity contribution in [3.63, 3.8) is 0 Å². The van der Waals surface area contributed by atoms with Gasteiger partial charge in [-0.2, -0.15) is 0 Å². The molecule has 0 unspecified atom stereocenters. The standard InChI is InChI=1S/C15H17N3O4/c1-18-13(14(21)17-8-4-5-8)10(7-11(19)20)9-3-2-6-16-12(9)15(18)22/h2-3,6,8,10,13H,4-5,7H2,1H3,(H,17,21)(H,19,20)/t10-,13-/m0/s1. The molecule has 1 aliphatic heterocycles. The second kappa shape index (κ2) is 5.40. The van der Waals surface area contributed by atoms with E-state index in [9.17, 15) is 19.5 Å². The number of aliphatic carboxylic acids is 1. The molecule has 1 fully saturated rings. The maximum Gasteiger partial charge on any atom is 0.304 e. The summed E-state index contributed by atoms with van der Waals surface area (Å²) in [6.45, 7) is 0. The van der Waals surface area contributed by atoms with Gasteiger partial charge in [-0.25, -0.2) is 0 Å². The first kappa shape index (κ1) is 14.5. The summed E-state index contributed by atoms with van der Waals surface area (Å²) in [5.41, 5.74) is 0.760. The first-order chi connectivity index (χ1) is 10.5. The molecule has 116 valence electrons. The zero-order valence-electron chi connectivity index (χ0n) is 12.2. The number of hydrogen-bond donors (Lipinski definition) is 2. The monoisotopic (exact) mass is 303 g/mol. The number of amides is 2. The highest BCUT2D eigenvalue weighted by atomic mass is 16.4. The maximum atomic E-state index is 12.5. The van der Waals surface area contributed by atoms with E-state index >= 15 is 0 Å². The minimum atomic E-state index is -1.01. The third-order valence-corrected chi connectivity index (χ3v) is 4.15. The minimum absolute atomic E-state index is 0.150. The number of rotatable bonds is 4. The van der Waals surface area contributed by atoms with Crippen LogP contribution in [0.2, 0.25) is 0 Å². The molecular formula is C15H17N3O4. The molecule has 0 spiro atoms. The Balaban J connectivity index is 2.00. The van der Waals surface area contributed by atoms with Crippen LogP contribution >= 0.6 is 0 Å². The Bertz CT molecular complexity index is 641. The van der Waals surface area contributed by atoms with Crippen molar-refractivity contribution in [2.45, 2.75) is 37.3 Å². The number of aromatic nitrogens is 1. The molecule has 2 atom stereocenters. The van der Waals surface area contributed by atoms with Gasteiger partial charge in [0.25, 0.3) is 5.91 Å². The van der Waals surface area contributed by atoms with E-state index in [1.165, 1.54) is 18.1 Å². The van der Waals surface area contributed by atoms with E-state index in [2.05, 4.69) is 10.3 Å². The Morgan fingerprint density at radius 3 is 2.82 bits per heavy atom. The van der Waals surface area contributed by atoms with Crippen molar-refractivity contribution in [1.82, 2.24) is 15.2 Å². The molecule has 1 aliphatic carbocycles. The van der Waals surface area contributed by atoms with Crippen LogP contribution in [0.1, 0.15) is 41.2 Å². The molecule has 1 saturated carbocycles. The molecule has 0 radical (unpaired) electrons. The van der Waals surface area contributed by atoms with Gasteiger partial charge in [-0.3, -0.25) is 19.4 Å². The van der Waals surface area contributed by atoms with Crippen LogP contribution in [-0.2, 0) is 9.59 Å². The number of hydrogen-bond acceptors (Lipinski definition) is 4. The van der Waals surface area contributed by atoms with Gasteiger partial charge in [0.15, 0.2) is 0 Å². The second-order valence-corrected chi connectivity index (χ2v) is 5.79. The van der Waals surface area contributed by atoms with Gasteiger partial charge in [0.05, 0.1) is 6.42 Å². The Hall–Kier alpha value is -2.44. The lowest BCUT2D eigenvalue weighted by Crippen LogP contribution is -2.54. The van der Waals surface area contributed by atoms with Gasteiger partial charge in [-0.15, -0.1) is 0 Å². The van der Waals surface area contributed by atoms with Crippen LogP contribution in [0, 0.1) is 0 Å². The highest BCUT2D eigenvalue weighted by Crippen LogP contribution is 2.34. The molecule has 2 heterocycles. The first-order valence-corrected chi connectivity index (χ1v) is 7.23. The molecule has 0 bridgehead atoms. The molecule has 7 heteroatoms. The lowest BCUT2D eigenvalue weighted by atomic mass is 9.82. The molecule has 7 nitrogen and oxygen atoms in total. The topological polar surface area (TPSA) is 99.6 Å². The summed E-state index contributed by atoms with van der Waals surface area (Å²) in [5, 5.41) is 12.0. The number of likely N-dealkylation sites (N-methyl/N-ethyl adjacent to an activating group) is 1. The number of carboxylic acid groups (broad SMARTS) is 1. The van der Waals surface area contributed by atoms with Crippen LogP contribution in [0.3, 0.4) is 0 Å². The summed E-state index contributed by atoms with van der Waals surface area (Å²) in [4.78, 5) is 41.5. The van der Waals surface area contributed by atoms with E-state index in [1.807, 2.05) is 0 Å². The van der Waals surface area contributed by atoms with Crippen molar-refractivity contribution in [2.75, 3.05) is 7.05 Å². The first-order valence-electron chi connectivity index (χ1n) is 7.23. The van der Waals surface area contributed by atoms with Crippen molar-refractivity contribution >= 4 is 17.8 Å². The molecule has 0 aromatic carbocycles. The summed E-state index contributed by atoms with van der Waals surface area (Å²) < 4.78 is 0. The summed E-state index contributed by atoms with van der Waals surface area (Å²) >= 11 is 0. The number of pyridine rings is 1. The van der Waals surface area contributed by atoms with E-state index in [-0.39, 0.29) is 30.0 Å². The van der Waals surface area contributed by atoms with Crippen LogP contribution in [0.15, 0.2) is 18.3 Å². The highest BCUT2D eigenvalue weighted by molar-refractivity contribution is 6.00. The Kier molecular flexibility index (Phi) is 3.56. The average molecular weight is 303 g/mol. The molecule has 22 heavy (non-hydrogen) atoms. The van der Waals surface area contributed by atoms with Gasteiger partial charge in [0.1, 0.15) is 11.7 Å². The fourth-order valence-corrected chi connectivity index (χ4v) is 2.91. The fraction of sp³-hybridized carbons (Fsp3) is 0.467. The molecule has 2 amide bonds. The van der Waals surface area contributed by atoms with Crippen molar-refractivity contribution < 1.29 is 19.5 Å². The highest BCUT2D eigenvalue weighted by Gasteiger charge is 2.44. The van der Waals surface area contributed by atoms with Crippen molar-refractivity contribution in [1.29, 1.82) is 0 Å². The van der Waals surface area contributed by atoms with Gasteiger partial charge in [-0.1, -0.05) is 6.07 Å². The van der Waals surface area contributed by atoms with Crippen molar-refractivity contribution in [3.8, 4) is 0 Å². The second-order valence-electron chi connectivity index (χ2n) is 5.79. The third kappa shape index (κ3) is 2.54. The van der Waals surface area contributed by atoms with Gasteiger partial charge < -0.3 is 15.3 Å². The Morgan fingerprint density at radius 1 is 1.45 bits per heavy atom. The SMILES string of the molecule is CN1C(=O)c2ncccc2[C@H](CC(=O)O)[C@H]1C(=O)NC1CC1. The van der Waals surface area contributed by atoms with Crippen molar-refractivity contribution in [3.05, 3.63) is 29.6 Å². The predicted octanol–water partition coefficient (Wildman–Crippen LogP) is 0.373. The summed E-state index contributed by atoms with van der Waals surface area (Å²) in [5.74, 6) is -2.25. The predicted molar refractivity (Wildman–Crippen MR) is 76.3 cm³/mol. The third-order valence-electron chi connectivity index (χ3n) is 4.15. The summed E-state index contributed by atoms with van der Waals surface area (Å²) in [6, 6.07) is 2.66. The lowest BCUT2D eigenvalue weighted by Gasteiger charge is -2.38. The van der Waals surface area contributed by atoms with Crippen LogP contribution in [0.25, 0.3) is 0 Å². The van der Waals surface area contributed by atoms with Gasteiger partial charge in [0.2, 0.25) is 5.91 Å². The van der Waals surface area contributed by atoms with Gasteiger partial charge >= 0.3 is 5.97 Å². The molecular weight excluding hydrogens is 286 g/mol. The quantitative estimate of drug-likeness (QED) is 0.837. The Morgan fingerprint density at radius 2 is 2.18 bits per heavy atom. The normalized spacial score (nSPS) is 23.9. The van der Waals surface area contributed by atoms with E-state index < -0.39 is 17.9 Å². The average Bonchev–Trinajstić information content (AvgIpc) is 3.28. The number of fused-ring (bicyclic) bond motifs is 1. The maximum absolute atomic E-state index is 12.5. The van der Waals surface area contributed by atoms with Crippen molar-refractivity contribution in [2.24, 2.45) is 0 Å². The van der Waals surface area contributed by atoms with E-state index in [0.29, 0.717) is 5.56 Å². The van der Waals surface area contributed by atoms with Crippen LogP contribution in [0.5, 0.6) is 0 Å². The number of nitrogens with zero attached hydrogens (tertiary/aromatic N) is 2. The van der Waals surface area contributed by atoms with Gasteiger partial charge in [-0.05, 0) is 24.5 Å². The molecule has 0 saturated heterocycles. The summed E-state index contributed by atoms with van der Waals surface area (Å²) in [6.07, 6.45) is 3.13. The number of nitrogens with one attached hydrogen (secondary N) is 1. The van der Waals surface area contributed by atoms with Gasteiger partial charge in [0, 0.05) is 25.2 Å². The number of carbonyl (C=O) groups excluding carboxylic acids is 2. The zero-order valence-corrected chi connectivity index (χ0v) is 12.2. The van der Waals surface area contributed by atoms with Crippen LogP contribution in [-0.4, -0.2) is 51.9 Å². The number of carbonyl (C=O) groups is 3. The Labute approximate surface area is 127 Å². The van der Waals surface area contributed by atoms with Crippen LogP contribution < -0.4 is 5.32 Å². The van der Waals surface area contributed by atoms with E-state index in [1.54, 1.807) is 12.1 Å². The molecule has 1 aromatic rings. The van der Waals surface area contributed by atoms with E-state index in [4.69, 9.17) is 0 Å². The smallest absolute Gasteiger partial charge is 0.304 e. The molecule has 1 aromatic heterocycles. The summed E-state index contributed by atoms with van der Waals surface area (Å²) in [7, 11) is 1.52. The number of carboxylic acids is 1. The van der Waals surface area contributed by atoms with E-state index in [0.717, 1.165) is 12.8 Å². The lowest BCUT2D eigenvalue weighted by molar-refractivity contribution is -0.138. The molecule has 2 aliphatic rings. The minimum Gasteiger partial charge on any atom is -0.481 e. The van der Waals surface area contributed by atoms with Crippen LogP contribution in [0.4, 0.5) is 0 Å².